The maximum Gasteiger partial charge on any atom is 0.160 e. The van der Waals surface area contributed by atoms with Crippen LogP contribution in [0.25, 0.3) is 77.2 Å². The summed E-state index contributed by atoms with van der Waals surface area (Å²) in [5.41, 5.74) is 11.6. The predicted molar refractivity (Wildman–Crippen MR) is 186 cm³/mol. The van der Waals surface area contributed by atoms with Crippen LogP contribution < -0.4 is 4.74 Å². The maximum atomic E-state index is 6.67. The Labute approximate surface area is 259 Å². The van der Waals surface area contributed by atoms with Gasteiger partial charge < -0.3 is 13.9 Å². The van der Waals surface area contributed by atoms with Crippen molar-refractivity contribution in [2.24, 2.45) is 0 Å². The van der Waals surface area contributed by atoms with Gasteiger partial charge in [-0.3, -0.25) is 0 Å². The summed E-state index contributed by atoms with van der Waals surface area (Å²) in [7, 11) is 0. The molecular formula is C42H26N2O. The van der Waals surface area contributed by atoms with Crippen molar-refractivity contribution in [1.82, 2.24) is 9.13 Å². The molecule has 3 heterocycles. The van der Waals surface area contributed by atoms with Crippen LogP contribution in [0.2, 0.25) is 0 Å². The summed E-state index contributed by atoms with van der Waals surface area (Å²) in [5.74, 6) is 1.78. The van der Waals surface area contributed by atoms with Crippen molar-refractivity contribution in [3.8, 4) is 45.1 Å². The first-order valence-corrected chi connectivity index (χ1v) is 15.4. The van der Waals surface area contributed by atoms with Gasteiger partial charge >= 0.3 is 0 Å². The monoisotopic (exact) mass is 574 g/mol. The minimum Gasteiger partial charge on any atom is -0.452 e. The summed E-state index contributed by atoms with van der Waals surface area (Å²) in [5, 5.41) is 5.00. The van der Waals surface area contributed by atoms with Gasteiger partial charge in [0.05, 0.1) is 27.8 Å². The number of aromatic nitrogens is 2. The summed E-state index contributed by atoms with van der Waals surface area (Å²) in [6.45, 7) is 0. The van der Waals surface area contributed by atoms with Gasteiger partial charge in [0.1, 0.15) is 0 Å². The van der Waals surface area contributed by atoms with E-state index in [2.05, 4.69) is 161 Å². The lowest BCUT2D eigenvalue weighted by atomic mass is 9.98. The van der Waals surface area contributed by atoms with Crippen LogP contribution in [0, 0.1) is 0 Å². The van der Waals surface area contributed by atoms with Gasteiger partial charge in [0.15, 0.2) is 11.5 Å². The third-order valence-corrected chi connectivity index (χ3v) is 9.34. The summed E-state index contributed by atoms with van der Waals surface area (Å²) in [4.78, 5) is 0. The number of rotatable bonds is 3. The van der Waals surface area contributed by atoms with Gasteiger partial charge in [-0.1, -0.05) is 109 Å². The Balaban J connectivity index is 1.05. The quantitative estimate of drug-likeness (QED) is 0.205. The lowest BCUT2D eigenvalue weighted by molar-refractivity contribution is 0.478. The molecule has 0 radical (unpaired) electrons. The second-order valence-corrected chi connectivity index (χ2v) is 11.8. The van der Waals surface area contributed by atoms with Gasteiger partial charge in [0, 0.05) is 32.8 Å². The molecule has 9 aromatic rings. The zero-order valence-corrected chi connectivity index (χ0v) is 24.3. The van der Waals surface area contributed by atoms with Gasteiger partial charge in [-0.15, -0.1) is 0 Å². The Bertz CT molecular complexity index is 2550. The SMILES string of the molecule is c1ccc2c(c1)Oc1c(-c3ccc(-c4ccc(-n5c6ccccc6c6ccccc65)cc4)cc3)ccc3c4ccccc4n-2c13. The number of ether oxygens (including phenoxy) is 1. The second-order valence-electron chi connectivity index (χ2n) is 11.8. The maximum absolute atomic E-state index is 6.67. The first-order valence-electron chi connectivity index (χ1n) is 15.4. The van der Waals surface area contributed by atoms with Crippen LogP contribution in [0.4, 0.5) is 0 Å². The molecule has 0 amide bonds. The Morgan fingerprint density at radius 2 is 0.889 bits per heavy atom. The average Bonchev–Trinajstić information content (AvgIpc) is 3.63. The van der Waals surface area contributed by atoms with Crippen LogP contribution in [-0.2, 0) is 0 Å². The molecule has 3 heteroatoms. The average molecular weight is 575 g/mol. The molecule has 0 aliphatic carbocycles. The Morgan fingerprint density at radius 1 is 0.378 bits per heavy atom. The first-order chi connectivity index (χ1) is 22.3. The van der Waals surface area contributed by atoms with E-state index in [1.54, 1.807) is 0 Å². The van der Waals surface area contributed by atoms with E-state index in [-0.39, 0.29) is 0 Å². The minimum absolute atomic E-state index is 0.875. The van der Waals surface area contributed by atoms with Crippen molar-refractivity contribution in [1.29, 1.82) is 0 Å². The molecule has 7 aromatic carbocycles. The number of hydrogen-bond acceptors (Lipinski definition) is 1. The molecule has 0 fully saturated rings. The van der Waals surface area contributed by atoms with E-state index >= 15 is 0 Å². The zero-order chi connectivity index (χ0) is 29.5. The molecule has 0 saturated heterocycles. The molecule has 45 heavy (non-hydrogen) atoms. The van der Waals surface area contributed by atoms with Gasteiger partial charge in [-0.05, 0) is 65.2 Å². The van der Waals surface area contributed by atoms with Gasteiger partial charge in [0.25, 0.3) is 0 Å². The zero-order valence-electron chi connectivity index (χ0n) is 24.3. The van der Waals surface area contributed by atoms with Crippen LogP contribution in [0.5, 0.6) is 11.5 Å². The van der Waals surface area contributed by atoms with E-state index < -0.39 is 0 Å². The summed E-state index contributed by atoms with van der Waals surface area (Å²) in [6, 6.07) is 56.4. The third kappa shape index (κ3) is 3.46. The number of nitrogens with zero attached hydrogens (tertiary/aromatic N) is 2. The molecule has 0 bridgehead atoms. The van der Waals surface area contributed by atoms with E-state index in [1.807, 2.05) is 6.07 Å². The van der Waals surface area contributed by atoms with Gasteiger partial charge in [0.2, 0.25) is 0 Å². The normalized spacial score (nSPS) is 12.2. The highest BCUT2D eigenvalue weighted by Gasteiger charge is 2.26. The predicted octanol–water partition coefficient (Wildman–Crippen LogP) is 11.3. The van der Waals surface area contributed by atoms with Crippen molar-refractivity contribution >= 4 is 43.6 Å². The van der Waals surface area contributed by atoms with Crippen molar-refractivity contribution in [2.75, 3.05) is 0 Å². The number of benzene rings is 7. The van der Waals surface area contributed by atoms with E-state index in [0.29, 0.717) is 0 Å². The molecular weight excluding hydrogens is 548 g/mol. The van der Waals surface area contributed by atoms with Crippen molar-refractivity contribution in [3.05, 3.63) is 158 Å². The highest BCUT2D eigenvalue weighted by Crippen LogP contribution is 2.49. The first kappa shape index (κ1) is 24.4. The van der Waals surface area contributed by atoms with Crippen LogP contribution in [0.15, 0.2) is 158 Å². The molecule has 0 spiro atoms. The molecule has 2 aromatic heterocycles. The Hall–Kier alpha value is -6.06. The molecule has 1 aliphatic heterocycles. The third-order valence-electron chi connectivity index (χ3n) is 9.34. The lowest BCUT2D eigenvalue weighted by Gasteiger charge is -2.23. The van der Waals surface area contributed by atoms with E-state index in [1.165, 1.54) is 49.2 Å². The van der Waals surface area contributed by atoms with Crippen LogP contribution in [-0.4, -0.2) is 9.13 Å². The molecule has 0 N–H and O–H groups in total. The summed E-state index contributed by atoms with van der Waals surface area (Å²) < 4.78 is 11.4. The highest BCUT2D eigenvalue weighted by molar-refractivity contribution is 6.14. The molecule has 3 nitrogen and oxygen atoms in total. The van der Waals surface area contributed by atoms with E-state index in [9.17, 15) is 0 Å². The van der Waals surface area contributed by atoms with E-state index in [4.69, 9.17) is 4.74 Å². The van der Waals surface area contributed by atoms with Crippen molar-refractivity contribution in [3.63, 3.8) is 0 Å². The molecule has 0 atom stereocenters. The van der Waals surface area contributed by atoms with Gasteiger partial charge in [-0.25, -0.2) is 0 Å². The molecule has 0 saturated carbocycles. The summed E-state index contributed by atoms with van der Waals surface area (Å²) >= 11 is 0. The topological polar surface area (TPSA) is 19.1 Å². The number of fused-ring (bicyclic) bond motifs is 8. The molecule has 210 valence electrons. The second kappa shape index (κ2) is 9.22. The Morgan fingerprint density at radius 3 is 1.56 bits per heavy atom. The van der Waals surface area contributed by atoms with Gasteiger partial charge in [-0.2, -0.15) is 0 Å². The fourth-order valence-electron chi connectivity index (χ4n) is 7.29. The van der Waals surface area contributed by atoms with Crippen LogP contribution in [0.3, 0.4) is 0 Å². The standard InChI is InChI=1S/C42H26N2O/c1-4-12-36-32(9-1)33-10-2-5-13-37(33)43(36)30-23-21-28(22-24-30)27-17-19-29(20-18-27)31-25-26-35-34-11-3-6-14-38(34)44-39-15-7-8-16-40(39)45-42(31)41(35)44/h1-26H. The molecule has 0 unspecified atom stereocenters. The molecule has 10 rings (SSSR count). The summed E-state index contributed by atoms with van der Waals surface area (Å²) in [6.07, 6.45) is 0. The van der Waals surface area contributed by atoms with Crippen LogP contribution >= 0.6 is 0 Å². The van der Waals surface area contributed by atoms with E-state index in [0.717, 1.165) is 39.5 Å². The highest BCUT2D eigenvalue weighted by atomic mass is 16.5. The number of hydrogen-bond donors (Lipinski definition) is 0. The fraction of sp³-hybridized carbons (Fsp3) is 0. The lowest BCUT2D eigenvalue weighted by Crippen LogP contribution is -2.04. The number of para-hydroxylation sites is 5. The van der Waals surface area contributed by atoms with Crippen molar-refractivity contribution < 1.29 is 4.74 Å². The fourth-order valence-corrected chi connectivity index (χ4v) is 7.29. The smallest absolute Gasteiger partial charge is 0.160 e. The Kier molecular flexibility index (Phi) is 5.00. The largest absolute Gasteiger partial charge is 0.452 e. The van der Waals surface area contributed by atoms with Crippen molar-refractivity contribution in [2.45, 2.75) is 0 Å². The van der Waals surface area contributed by atoms with Crippen LogP contribution in [0.1, 0.15) is 0 Å². The minimum atomic E-state index is 0.875. The molecule has 1 aliphatic rings.